The van der Waals surface area contributed by atoms with Gasteiger partial charge in [-0.3, -0.25) is 19.7 Å². The lowest BCUT2D eigenvalue weighted by molar-refractivity contribution is -0.159. The average Bonchev–Trinajstić information content (AvgIpc) is 2.40. The van der Waals surface area contributed by atoms with Crippen molar-refractivity contribution in [2.45, 2.75) is 39.7 Å². The van der Waals surface area contributed by atoms with Gasteiger partial charge in [-0.1, -0.05) is 12.1 Å². The molecule has 1 rings (SSSR count). The number of rotatable bonds is 3. The molecular formula is C12H20N4O4. The lowest BCUT2D eigenvalue weighted by atomic mass is 9.82. The number of piperazine rings is 1. The summed E-state index contributed by atoms with van der Waals surface area (Å²) >= 11 is 0. The summed E-state index contributed by atoms with van der Waals surface area (Å²) in [6.45, 7) is 6.04. The van der Waals surface area contributed by atoms with Gasteiger partial charge in [-0.2, -0.15) is 0 Å². The minimum Gasteiger partial charge on any atom is -0.409 e. The number of amides is 3. The van der Waals surface area contributed by atoms with Crippen molar-refractivity contribution in [1.29, 1.82) is 0 Å². The largest absolute Gasteiger partial charge is 0.409 e. The second-order valence-corrected chi connectivity index (χ2v) is 5.50. The van der Waals surface area contributed by atoms with E-state index in [1.807, 2.05) is 0 Å². The minimum absolute atomic E-state index is 0.244. The molecule has 1 heterocycles. The molecule has 0 radical (unpaired) electrons. The van der Waals surface area contributed by atoms with Crippen LogP contribution in [0.2, 0.25) is 0 Å². The number of imide groups is 1. The van der Waals surface area contributed by atoms with Crippen molar-refractivity contribution >= 4 is 23.6 Å². The Labute approximate surface area is 117 Å². The standard InChI is InChI=1S/C12H20N4O4/c1-5-12(4,8(13)15-20)10(19)16-6-7(17)14-9(18)11(16,2)3/h20H,5-6H2,1-4H3,(H2,13,15)(H,14,17,18). The Morgan fingerprint density at radius 3 is 2.55 bits per heavy atom. The van der Waals surface area contributed by atoms with Crippen molar-refractivity contribution in [2.24, 2.45) is 16.3 Å². The van der Waals surface area contributed by atoms with Crippen molar-refractivity contribution in [1.82, 2.24) is 10.2 Å². The van der Waals surface area contributed by atoms with E-state index in [1.54, 1.807) is 6.92 Å². The molecule has 0 spiro atoms. The Hall–Kier alpha value is -2.12. The number of amidine groups is 1. The van der Waals surface area contributed by atoms with E-state index in [0.29, 0.717) is 0 Å². The highest BCUT2D eigenvalue weighted by molar-refractivity contribution is 6.11. The van der Waals surface area contributed by atoms with Crippen molar-refractivity contribution in [3.05, 3.63) is 0 Å². The molecule has 1 atom stereocenters. The number of carbonyl (C=O) groups is 3. The van der Waals surface area contributed by atoms with E-state index in [4.69, 9.17) is 10.9 Å². The van der Waals surface area contributed by atoms with Crippen LogP contribution in [0.1, 0.15) is 34.1 Å². The van der Waals surface area contributed by atoms with E-state index < -0.39 is 28.7 Å². The Kier molecular flexibility index (Phi) is 4.07. The zero-order valence-electron chi connectivity index (χ0n) is 12.1. The van der Waals surface area contributed by atoms with E-state index in [1.165, 1.54) is 20.8 Å². The van der Waals surface area contributed by atoms with Gasteiger partial charge in [0.2, 0.25) is 11.8 Å². The number of oxime groups is 1. The van der Waals surface area contributed by atoms with Gasteiger partial charge in [0.25, 0.3) is 5.91 Å². The average molecular weight is 284 g/mol. The van der Waals surface area contributed by atoms with Crippen LogP contribution in [0.4, 0.5) is 0 Å². The molecule has 0 saturated carbocycles. The highest BCUT2D eigenvalue weighted by Crippen LogP contribution is 2.29. The van der Waals surface area contributed by atoms with E-state index in [9.17, 15) is 14.4 Å². The van der Waals surface area contributed by atoms with Crippen LogP contribution >= 0.6 is 0 Å². The predicted molar refractivity (Wildman–Crippen MR) is 70.7 cm³/mol. The van der Waals surface area contributed by atoms with Crippen LogP contribution in [0.3, 0.4) is 0 Å². The molecule has 1 saturated heterocycles. The third-order valence-electron chi connectivity index (χ3n) is 3.88. The summed E-state index contributed by atoms with van der Waals surface area (Å²) in [5, 5.41) is 13.9. The molecule has 1 fully saturated rings. The molecule has 1 unspecified atom stereocenters. The summed E-state index contributed by atoms with van der Waals surface area (Å²) in [4.78, 5) is 37.2. The Morgan fingerprint density at radius 2 is 2.10 bits per heavy atom. The van der Waals surface area contributed by atoms with Crippen LogP contribution in [0.25, 0.3) is 0 Å². The van der Waals surface area contributed by atoms with Gasteiger partial charge in [0.15, 0.2) is 5.84 Å². The van der Waals surface area contributed by atoms with Gasteiger partial charge in [-0.25, -0.2) is 0 Å². The molecule has 8 heteroatoms. The van der Waals surface area contributed by atoms with Gasteiger partial charge in [0, 0.05) is 0 Å². The number of carbonyl (C=O) groups excluding carboxylic acids is 3. The van der Waals surface area contributed by atoms with Crippen LogP contribution < -0.4 is 11.1 Å². The number of hydrogen-bond acceptors (Lipinski definition) is 5. The maximum Gasteiger partial charge on any atom is 0.252 e. The van der Waals surface area contributed by atoms with Gasteiger partial charge >= 0.3 is 0 Å². The zero-order valence-corrected chi connectivity index (χ0v) is 12.1. The van der Waals surface area contributed by atoms with Crippen molar-refractivity contribution < 1.29 is 19.6 Å². The minimum atomic E-state index is -1.27. The van der Waals surface area contributed by atoms with Crippen LogP contribution in [-0.4, -0.2) is 45.7 Å². The predicted octanol–water partition coefficient (Wildman–Crippen LogP) is -0.587. The van der Waals surface area contributed by atoms with Gasteiger partial charge in [-0.05, 0) is 27.2 Å². The third-order valence-corrected chi connectivity index (χ3v) is 3.88. The summed E-state index contributed by atoms with van der Waals surface area (Å²) in [6.07, 6.45) is 0.268. The highest BCUT2D eigenvalue weighted by atomic mass is 16.4. The second-order valence-electron chi connectivity index (χ2n) is 5.50. The first-order chi connectivity index (χ1) is 9.11. The number of nitrogens with one attached hydrogen (secondary N) is 1. The summed E-state index contributed by atoms with van der Waals surface area (Å²) in [7, 11) is 0. The molecule has 1 aliphatic heterocycles. The SMILES string of the molecule is CCC(C)(C(=O)N1CC(=O)NC(=O)C1(C)C)C(N)=NO. The molecule has 4 N–H and O–H groups in total. The Bertz CT molecular complexity index is 486. The molecule has 1 aliphatic rings. The highest BCUT2D eigenvalue weighted by Gasteiger charge is 2.49. The molecule has 0 aromatic carbocycles. The first kappa shape index (κ1) is 15.9. The van der Waals surface area contributed by atoms with Crippen LogP contribution in [0.5, 0.6) is 0 Å². The molecular weight excluding hydrogens is 264 g/mol. The second kappa shape index (κ2) is 5.10. The molecule has 112 valence electrons. The van der Waals surface area contributed by atoms with Crippen LogP contribution in [0.15, 0.2) is 5.16 Å². The third kappa shape index (κ3) is 2.33. The first-order valence-electron chi connectivity index (χ1n) is 6.25. The normalized spacial score (nSPS) is 22.2. The number of nitrogens with zero attached hydrogens (tertiary/aromatic N) is 2. The zero-order chi connectivity index (χ0) is 15.7. The molecule has 0 aromatic rings. The van der Waals surface area contributed by atoms with E-state index in [0.717, 1.165) is 4.90 Å². The number of nitrogens with two attached hydrogens (primary N) is 1. The fourth-order valence-corrected chi connectivity index (χ4v) is 1.96. The van der Waals surface area contributed by atoms with E-state index in [-0.39, 0.29) is 18.8 Å². The fraction of sp³-hybridized carbons (Fsp3) is 0.667. The van der Waals surface area contributed by atoms with Gasteiger partial charge in [-0.15, -0.1) is 0 Å². The van der Waals surface area contributed by atoms with Crippen molar-refractivity contribution in [3.63, 3.8) is 0 Å². The van der Waals surface area contributed by atoms with Crippen molar-refractivity contribution in [2.75, 3.05) is 6.54 Å². The quantitative estimate of drug-likeness (QED) is 0.210. The van der Waals surface area contributed by atoms with Crippen LogP contribution in [0, 0.1) is 5.41 Å². The van der Waals surface area contributed by atoms with E-state index in [2.05, 4.69) is 10.5 Å². The molecule has 0 bridgehead atoms. The van der Waals surface area contributed by atoms with Crippen molar-refractivity contribution in [3.8, 4) is 0 Å². The summed E-state index contributed by atoms with van der Waals surface area (Å²) < 4.78 is 0. The lowest BCUT2D eigenvalue weighted by Crippen LogP contribution is -2.68. The molecule has 3 amide bonds. The monoisotopic (exact) mass is 284 g/mol. The van der Waals surface area contributed by atoms with Gasteiger partial charge in [0.1, 0.15) is 17.5 Å². The maximum absolute atomic E-state index is 12.7. The molecule has 20 heavy (non-hydrogen) atoms. The summed E-state index contributed by atoms with van der Waals surface area (Å²) in [6, 6.07) is 0. The summed E-state index contributed by atoms with van der Waals surface area (Å²) in [5.41, 5.74) is 3.14. The number of hydrogen-bond donors (Lipinski definition) is 3. The summed E-state index contributed by atoms with van der Waals surface area (Å²) in [5.74, 6) is -1.89. The Morgan fingerprint density at radius 1 is 1.55 bits per heavy atom. The topological polar surface area (TPSA) is 125 Å². The van der Waals surface area contributed by atoms with E-state index >= 15 is 0 Å². The Balaban J connectivity index is 3.23. The van der Waals surface area contributed by atoms with Crippen LogP contribution in [-0.2, 0) is 14.4 Å². The molecule has 8 nitrogen and oxygen atoms in total. The van der Waals surface area contributed by atoms with Gasteiger partial charge in [0.05, 0.1) is 0 Å². The fourth-order valence-electron chi connectivity index (χ4n) is 1.96. The first-order valence-corrected chi connectivity index (χ1v) is 6.25. The lowest BCUT2D eigenvalue weighted by Gasteiger charge is -2.43. The molecule has 0 aromatic heterocycles. The van der Waals surface area contributed by atoms with Gasteiger partial charge < -0.3 is 15.8 Å². The maximum atomic E-state index is 12.7. The smallest absolute Gasteiger partial charge is 0.252 e. The molecule has 0 aliphatic carbocycles.